The van der Waals surface area contributed by atoms with Gasteiger partial charge in [0.25, 0.3) is 0 Å². The maximum atomic E-state index is 11.4. The summed E-state index contributed by atoms with van der Waals surface area (Å²) in [6.07, 6.45) is 0.347. The van der Waals surface area contributed by atoms with Crippen molar-refractivity contribution in [3.05, 3.63) is 24.3 Å². The highest BCUT2D eigenvalue weighted by atomic mass is 16.5. The van der Waals surface area contributed by atoms with Gasteiger partial charge in [-0.05, 0) is 24.3 Å². The molecule has 0 spiro atoms. The standard InChI is InChI=1S/C12H15N3O2/c1-10(16)15(14-9-3-8-13)11-4-6-12(17-2)7-5-11/h4-7,14H,3,9H2,1-2H3. The van der Waals surface area contributed by atoms with Crippen molar-refractivity contribution >= 4 is 11.6 Å². The van der Waals surface area contributed by atoms with Gasteiger partial charge in [0.05, 0.1) is 18.9 Å². The van der Waals surface area contributed by atoms with Crippen LogP contribution in [0.15, 0.2) is 24.3 Å². The van der Waals surface area contributed by atoms with Gasteiger partial charge < -0.3 is 4.74 Å². The first-order valence-electron chi connectivity index (χ1n) is 5.24. The Hall–Kier alpha value is -2.06. The van der Waals surface area contributed by atoms with Crippen LogP contribution in [-0.4, -0.2) is 19.6 Å². The van der Waals surface area contributed by atoms with Gasteiger partial charge in [-0.25, -0.2) is 10.4 Å². The number of hydrogen-bond donors (Lipinski definition) is 1. The highest BCUT2D eigenvalue weighted by Gasteiger charge is 2.10. The SMILES string of the molecule is COc1ccc(N(NCCC#N)C(C)=O)cc1. The van der Waals surface area contributed by atoms with Gasteiger partial charge >= 0.3 is 0 Å². The van der Waals surface area contributed by atoms with Crippen LogP contribution in [0.5, 0.6) is 5.75 Å². The van der Waals surface area contributed by atoms with Crippen molar-refractivity contribution in [3.63, 3.8) is 0 Å². The van der Waals surface area contributed by atoms with Crippen LogP contribution < -0.4 is 15.2 Å². The van der Waals surface area contributed by atoms with E-state index in [1.54, 1.807) is 31.4 Å². The predicted octanol–water partition coefficient (Wildman–Crippen LogP) is 1.47. The van der Waals surface area contributed by atoms with E-state index in [1.165, 1.54) is 11.9 Å². The Kier molecular flexibility index (Phi) is 4.98. The zero-order chi connectivity index (χ0) is 12.7. The molecule has 0 aromatic heterocycles. The van der Waals surface area contributed by atoms with Crippen molar-refractivity contribution in [3.8, 4) is 11.8 Å². The lowest BCUT2D eigenvalue weighted by atomic mass is 10.3. The molecule has 0 aliphatic rings. The summed E-state index contributed by atoms with van der Waals surface area (Å²) < 4.78 is 5.04. The summed E-state index contributed by atoms with van der Waals surface area (Å²) in [6.45, 7) is 1.89. The van der Waals surface area contributed by atoms with Crippen molar-refractivity contribution in [2.24, 2.45) is 0 Å². The molecule has 90 valence electrons. The lowest BCUT2D eigenvalue weighted by Gasteiger charge is -2.21. The fraction of sp³-hybridized carbons (Fsp3) is 0.333. The number of hydrogen-bond acceptors (Lipinski definition) is 4. The number of benzene rings is 1. The molecule has 5 heteroatoms. The van der Waals surface area contributed by atoms with Gasteiger partial charge in [0.15, 0.2) is 0 Å². The molecular formula is C12H15N3O2. The van der Waals surface area contributed by atoms with Crippen molar-refractivity contribution in [1.29, 1.82) is 5.26 Å². The Morgan fingerprint density at radius 1 is 1.47 bits per heavy atom. The predicted molar refractivity (Wildman–Crippen MR) is 64.4 cm³/mol. The molecule has 0 radical (unpaired) electrons. The smallest absolute Gasteiger partial charge is 0.238 e. The van der Waals surface area contributed by atoms with E-state index in [-0.39, 0.29) is 5.91 Å². The number of ether oxygens (including phenoxy) is 1. The number of nitrogens with zero attached hydrogens (tertiary/aromatic N) is 2. The number of nitriles is 1. The minimum atomic E-state index is -0.131. The minimum Gasteiger partial charge on any atom is -0.497 e. The number of methoxy groups -OCH3 is 1. The number of rotatable bonds is 5. The Bertz CT molecular complexity index is 409. The molecule has 0 saturated heterocycles. The molecule has 1 N–H and O–H groups in total. The van der Waals surface area contributed by atoms with E-state index in [0.717, 1.165) is 11.4 Å². The highest BCUT2D eigenvalue weighted by Crippen LogP contribution is 2.17. The number of carbonyl (C=O) groups is 1. The molecule has 17 heavy (non-hydrogen) atoms. The lowest BCUT2D eigenvalue weighted by molar-refractivity contribution is -0.117. The van der Waals surface area contributed by atoms with Crippen LogP contribution in [0.2, 0.25) is 0 Å². The highest BCUT2D eigenvalue weighted by molar-refractivity contribution is 5.90. The van der Waals surface area contributed by atoms with Crippen molar-refractivity contribution in [1.82, 2.24) is 5.43 Å². The average Bonchev–Trinajstić information content (AvgIpc) is 2.34. The second kappa shape index (κ2) is 6.51. The van der Waals surface area contributed by atoms with Gasteiger partial charge in [0.2, 0.25) is 5.91 Å². The van der Waals surface area contributed by atoms with E-state index >= 15 is 0 Å². The first-order valence-corrected chi connectivity index (χ1v) is 5.24. The van der Waals surface area contributed by atoms with Crippen LogP contribution in [0.1, 0.15) is 13.3 Å². The maximum Gasteiger partial charge on any atom is 0.238 e. The molecule has 0 aliphatic carbocycles. The molecule has 1 amide bonds. The third-order valence-corrected chi connectivity index (χ3v) is 2.15. The third kappa shape index (κ3) is 3.78. The largest absolute Gasteiger partial charge is 0.497 e. The minimum absolute atomic E-state index is 0.131. The summed E-state index contributed by atoms with van der Waals surface area (Å²) in [5, 5.41) is 9.86. The summed E-state index contributed by atoms with van der Waals surface area (Å²) >= 11 is 0. The maximum absolute atomic E-state index is 11.4. The summed E-state index contributed by atoms with van der Waals surface area (Å²) in [6, 6.07) is 9.12. The fourth-order valence-electron chi connectivity index (χ4n) is 1.34. The molecule has 0 atom stereocenters. The second-order valence-corrected chi connectivity index (χ2v) is 3.37. The zero-order valence-corrected chi connectivity index (χ0v) is 9.93. The van der Waals surface area contributed by atoms with Crippen LogP contribution >= 0.6 is 0 Å². The van der Waals surface area contributed by atoms with Crippen LogP contribution in [-0.2, 0) is 4.79 Å². The zero-order valence-electron chi connectivity index (χ0n) is 9.93. The molecule has 0 heterocycles. The Labute approximate surface area is 101 Å². The van der Waals surface area contributed by atoms with E-state index in [2.05, 4.69) is 5.43 Å². The fourth-order valence-corrected chi connectivity index (χ4v) is 1.34. The van der Waals surface area contributed by atoms with Crippen molar-refractivity contribution < 1.29 is 9.53 Å². The van der Waals surface area contributed by atoms with Crippen LogP contribution in [0.4, 0.5) is 5.69 Å². The third-order valence-electron chi connectivity index (χ3n) is 2.15. The Balaban J connectivity index is 2.75. The Morgan fingerprint density at radius 2 is 2.12 bits per heavy atom. The van der Waals surface area contributed by atoms with Crippen molar-refractivity contribution in [2.45, 2.75) is 13.3 Å². The first kappa shape index (κ1) is 13.0. The summed E-state index contributed by atoms with van der Waals surface area (Å²) in [5.74, 6) is 0.599. The number of carbonyl (C=O) groups excluding carboxylic acids is 1. The summed E-state index contributed by atoms with van der Waals surface area (Å²) in [4.78, 5) is 11.4. The monoisotopic (exact) mass is 233 g/mol. The van der Waals surface area contributed by atoms with Gasteiger partial charge in [-0.15, -0.1) is 0 Å². The van der Waals surface area contributed by atoms with E-state index in [4.69, 9.17) is 10.00 Å². The number of amides is 1. The Morgan fingerprint density at radius 3 is 2.59 bits per heavy atom. The van der Waals surface area contributed by atoms with Gasteiger partial charge in [-0.2, -0.15) is 5.26 Å². The quantitative estimate of drug-likeness (QED) is 0.617. The molecule has 1 aromatic carbocycles. The van der Waals surface area contributed by atoms with Crippen LogP contribution in [0, 0.1) is 11.3 Å². The molecule has 0 unspecified atom stereocenters. The average molecular weight is 233 g/mol. The molecule has 0 fully saturated rings. The molecule has 0 aliphatic heterocycles. The van der Waals surface area contributed by atoms with Crippen LogP contribution in [0.25, 0.3) is 0 Å². The summed E-state index contributed by atoms with van der Waals surface area (Å²) in [5.41, 5.74) is 3.61. The summed E-state index contributed by atoms with van der Waals surface area (Å²) in [7, 11) is 1.59. The molecule has 1 rings (SSSR count). The number of anilines is 1. The van der Waals surface area contributed by atoms with E-state index in [1.807, 2.05) is 6.07 Å². The van der Waals surface area contributed by atoms with E-state index in [9.17, 15) is 4.79 Å². The second-order valence-electron chi connectivity index (χ2n) is 3.37. The molecule has 1 aromatic rings. The van der Waals surface area contributed by atoms with Crippen molar-refractivity contribution in [2.75, 3.05) is 18.7 Å². The van der Waals surface area contributed by atoms with E-state index in [0.29, 0.717) is 13.0 Å². The van der Waals surface area contributed by atoms with E-state index < -0.39 is 0 Å². The molecule has 0 bridgehead atoms. The number of hydrazine groups is 1. The van der Waals surface area contributed by atoms with Gasteiger partial charge in [-0.1, -0.05) is 0 Å². The first-order chi connectivity index (χ1) is 8.19. The van der Waals surface area contributed by atoms with Gasteiger partial charge in [0.1, 0.15) is 5.75 Å². The topological polar surface area (TPSA) is 65.4 Å². The normalized spacial score (nSPS) is 9.47. The molecule has 5 nitrogen and oxygen atoms in total. The van der Waals surface area contributed by atoms with Crippen LogP contribution in [0.3, 0.4) is 0 Å². The van der Waals surface area contributed by atoms with Gasteiger partial charge in [0, 0.05) is 19.9 Å². The van der Waals surface area contributed by atoms with Gasteiger partial charge in [-0.3, -0.25) is 4.79 Å². The lowest BCUT2D eigenvalue weighted by Crippen LogP contribution is -2.42. The number of nitrogens with one attached hydrogen (secondary N) is 1. The molecular weight excluding hydrogens is 218 g/mol. The molecule has 0 saturated carbocycles.